The minimum atomic E-state index is -4.15. The molecule has 0 aromatic heterocycles. The van der Waals surface area contributed by atoms with Crippen molar-refractivity contribution in [2.75, 3.05) is 0 Å². The van der Waals surface area contributed by atoms with Gasteiger partial charge in [0.05, 0.1) is 0 Å². The molecule has 0 bridgehead atoms. The molecular weight excluding hydrogens is 277 g/mol. The molecule has 0 saturated heterocycles. The Morgan fingerprint density at radius 2 is 1.00 bits per heavy atom. The summed E-state index contributed by atoms with van der Waals surface area (Å²) in [6.07, 6.45) is 0. The molecule has 0 N–H and O–H groups in total. The van der Waals surface area contributed by atoms with E-state index < -0.39 is 16.1 Å². The summed E-state index contributed by atoms with van der Waals surface area (Å²) in [5.74, 6) is 0. The van der Waals surface area contributed by atoms with Crippen LogP contribution in [0.1, 0.15) is 0 Å². The van der Waals surface area contributed by atoms with Crippen molar-refractivity contribution in [3.8, 4) is 0 Å². The van der Waals surface area contributed by atoms with Crippen molar-refractivity contribution < 1.29 is 26.7 Å². The Hall–Kier alpha value is 1.67. The van der Waals surface area contributed by atoms with Crippen LogP contribution in [0.25, 0.3) is 0 Å². The molecule has 0 unspecified atom stereocenters. The maximum atomic E-state index is 8.59. The average molecular weight is 277 g/mol. The molecule has 0 aromatic rings. The molecule has 0 aliphatic carbocycles. The summed E-state index contributed by atoms with van der Waals surface area (Å²) in [4.78, 5) is 0. The second-order valence-corrected chi connectivity index (χ2v) is 1.45. The van der Waals surface area contributed by atoms with Gasteiger partial charge in [-0.1, -0.05) is 0 Å². The first-order chi connectivity index (χ1) is 1.73. The SMILES string of the molecule is [K].[O]=[Os](=[O])=[O]. The van der Waals surface area contributed by atoms with Gasteiger partial charge in [0, 0.05) is 51.4 Å². The predicted octanol–water partition coefficient (Wildman–Crippen LogP) is -0.740. The Labute approximate surface area is 76.4 Å². The van der Waals surface area contributed by atoms with Gasteiger partial charge in [-0.2, -0.15) is 0 Å². The predicted molar refractivity (Wildman–Crippen MR) is 7.81 cm³/mol. The Balaban J connectivity index is 0. The van der Waals surface area contributed by atoms with Gasteiger partial charge in [-0.05, 0) is 0 Å². The van der Waals surface area contributed by atoms with Crippen LogP contribution >= 0.6 is 0 Å². The second kappa shape index (κ2) is 5.67. The van der Waals surface area contributed by atoms with Crippen LogP contribution in [0.3, 0.4) is 0 Å². The van der Waals surface area contributed by atoms with Crippen LogP contribution in [0.5, 0.6) is 0 Å². The van der Waals surface area contributed by atoms with Gasteiger partial charge in [0.15, 0.2) is 0 Å². The zero-order chi connectivity index (χ0) is 3.58. The zero-order valence-electron chi connectivity index (χ0n) is 2.58. The van der Waals surface area contributed by atoms with Gasteiger partial charge in [-0.3, -0.25) is 0 Å². The first kappa shape index (κ1) is 9.83. The van der Waals surface area contributed by atoms with Gasteiger partial charge in [0.25, 0.3) is 0 Å². The monoisotopic (exact) mass is 279 g/mol. The quantitative estimate of drug-likeness (QED) is 0.548. The summed E-state index contributed by atoms with van der Waals surface area (Å²) in [7, 11) is 0. The van der Waals surface area contributed by atoms with E-state index in [-0.39, 0.29) is 51.4 Å². The van der Waals surface area contributed by atoms with Gasteiger partial charge in [0.1, 0.15) is 0 Å². The third kappa shape index (κ3) is 27.3. The topological polar surface area (TPSA) is 51.2 Å². The minimum absolute atomic E-state index is 0. The van der Waals surface area contributed by atoms with Crippen LogP contribution in [0.2, 0.25) is 0 Å². The standard InChI is InChI=1S/K.3O.Os. The summed E-state index contributed by atoms with van der Waals surface area (Å²) >= 11 is -4.15. The third-order valence-electron chi connectivity index (χ3n) is 0. The van der Waals surface area contributed by atoms with Gasteiger partial charge in [-0.15, -0.1) is 0 Å². The molecule has 27 valence electrons. The van der Waals surface area contributed by atoms with Gasteiger partial charge in [-0.25, -0.2) is 0 Å². The Kier molecular flexibility index (Phi) is 11.2. The van der Waals surface area contributed by atoms with Crippen LogP contribution in [-0.4, -0.2) is 51.4 Å². The zero-order valence-corrected chi connectivity index (χ0v) is 8.24. The molecule has 3 nitrogen and oxygen atoms in total. The number of hydrogen-bond acceptors (Lipinski definition) is 3. The molecule has 0 fully saturated rings. The fourth-order valence-electron chi connectivity index (χ4n) is 0. The average Bonchev–Trinajstić information content (AvgIpc) is 0.811. The molecule has 0 aliphatic rings. The van der Waals surface area contributed by atoms with Gasteiger partial charge < -0.3 is 0 Å². The van der Waals surface area contributed by atoms with Crippen molar-refractivity contribution in [1.82, 2.24) is 0 Å². The summed E-state index contributed by atoms with van der Waals surface area (Å²) in [5, 5.41) is 0. The Morgan fingerprint density at radius 1 is 1.00 bits per heavy atom. The first-order valence-corrected chi connectivity index (χ1v) is 3.54. The normalized spacial score (nSPS) is 6.60. The van der Waals surface area contributed by atoms with Crippen molar-refractivity contribution in [3.05, 3.63) is 0 Å². The maximum absolute atomic E-state index is 8.59. The first-order valence-electron chi connectivity index (χ1n) is 0.433. The van der Waals surface area contributed by atoms with E-state index in [0.29, 0.717) is 0 Å². The van der Waals surface area contributed by atoms with Crippen molar-refractivity contribution in [2.45, 2.75) is 0 Å². The molecule has 0 rings (SSSR count). The van der Waals surface area contributed by atoms with E-state index in [4.69, 9.17) is 10.6 Å². The summed E-state index contributed by atoms with van der Waals surface area (Å²) in [6, 6.07) is 0. The van der Waals surface area contributed by atoms with E-state index in [1.54, 1.807) is 0 Å². The molecule has 0 aliphatic heterocycles. The van der Waals surface area contributed by atoms with Crippen molar-refractivity contribution in [2.24, 2.45) is 0 Å². The van der Waals surface area contributed by atoms with Crippen LogP contribution in [-0.2, 0) is 26.7 Å². The number of hydrogen-bond donors (Lipinski definition) is 0. The second-order valence-electron chi connectivity index (χ2n) is 0.177. The molecule has 5 heteroatoms. The molecule has 0 aromatic carbocycles. The van der Waals surface area contributed by atoms with Crippen molar-refractivity contribution >= 4 is 51.4 Å². The van der Waals surface area contributed by atoms with E-state index in [1.807, 2.05) is 0 Å². The van der Waals surface area contributed by atoms with Crippen LogP contribution < -0.4 is 0 Å². The molecular formula is KO3Os. The molecule has 0 amide bonds. The molecule has 0 spiro atoms. The Bertz CT molecular complexity index is 76.3. The van der Waals surface area contributed by atoms with Crippen LogP contribution in [0.15, 0.2) is 0 Å². The Morgan fingerprint density at radius 3 is 1.00 bits per heavy atom. The van der Waals surface area contributed by atoms with Crippen LogP contribution in [0, 0.1) is 0 Å². The van der Waals surface area contributed by atoms with Crippen LogP contribution in [0.4, 0.5) is 0 Å². The summed E-state index contributed by atoms with van der Waals surface area (Å²) in [6.45, 7) is 0. The molecule has 0 heterocycles. The fourth-order valence-corrected chi connectivity index (χ4v) is 0. The van der Waals surface area contributed by atoms with E-state index in [2.05, 4.69) is 0 Å². The fraction of sp³-hybridized carbons (Fsp3) is 0. The van der Waals surface area contributed by atoms with Gasteiger partial charge >= 0.3 is 26.7 Å². The van der Waals surface area contributed by atoms with Crippen molar-refractivity contribution in [3.63, 3.8) is 0 Å². The summed E-state index contributed by atoms with van der Waals surface area (Å²) in [5.41, 5.74) is 0. The molecule has 0 saturated carbocycles. The van der Waals surface area contributed by atoms with E-state index >= 15 is 0 Å². The van der Waals surface area contributed by atoms with E-state index in [0.717, 1.165) is 0 Å². The summed E-state index contributed by atoms with van der Waals surface area (Å²) < 4.78 is 25.8. The molecule has 1 radical (unpaired) electrons. The number of rotatable bonds is 0. The van der Waals surface area contributed by atoms with Gasteiger partial charge in [0.2, 0.25) is 0 Å². The van der Waals surface area contributed by atoms with Crippen molar-refractivity contribution in [1.29, 1.82) is 0 Å². The van der Waals surface area contributed by atoms with E-state index in [9.17, 15) is 0 Å². The molecule has 5 heavy (non-hydrogen) atoms. The van der Waals surface area contributed by atoms with E-state index in [1.165, 1.54) is 0 Å². The third-order valence-corrected chi connectivity index (χ3v) is 0. The molecule has 0 atom stereocenters.